The Bertz CT molecular complexity index is 611. The van der Waals surface area contributed by atoms with Crippen LogP contribution in [-0.4, -0.2) is 12.1 Å². The minimum atomic E-state index is -0.203. The summed E-state index contributed by atoms with van der Waals surface area (Å²) in [7, 11) is 0. The van der Waals surface area contributed by atoms with E-state index in [1.165, 1.54) is 0 Å². The molecule has 20 heavy (non-hydrogen) atoms. The summed E-state index contributed by atoms with van der Waals surface area (Å²) in [5.74, 6) is -0.203. The molecule has 0 aliphatic carbocycles. The molecule has 0 saturated carbocycles. The number of nitrogens with zero attached hydrogens (tertiary/aromatic N) is 2. The molecule has 102 valence electrons. The van der Waals surface area contributed by atoms with E-state index in [1.54, 1.807) is 35.3 Å². The molecule has 2 rings (SSSR count). The number of hydrogen-bond acceptors (Lipinski definition) is 2. The standard InChI is InChI=1S/C14H11BrClN3O/c15-12-3-1-11(2-4-12)9-17-18-14(20)10-19-7-5-13(16)6-8-19/h1-9H,10H2/p+1/b17-9+. The van der Waals surface area contributed by atoms with Crippen LogP contribution in [0.4, 0.5) is 0 Å². The number of halogens is 2. The molecule has 4 nitrogen and oxygen atoms in total. The van der Waals surface area contributed by atoms with E-state index in [9.17, 15) is 4.79 Å². The lowest BCUT2D eigenvalue weighted by Crippen LogP contribution is -2.40. The van der Waals surface area contributed by atoms with Gasteiger partial charge in [0.05, 0.1) is 11.2 Å². The minimum absolute atomic E-state index is 0.189. The van der Waals surface area contributed by atoms with Gasteiger partial charge in [0.2, 0.25) is 6.54 Å². The summed E-state index contributed by atoms with van der Waals surface area (Å²) in [4.78, 5) is 11.7. The molecule has 1 aromatic carbocycles. The first-order valence-corrected chi connectivity index (χ1v) is 7.03. The molecule has 0 aliphatic rings. The quantitative estimate of drug-likeness (QED) is 0.512. The molecule has 0 saturated heterocycles. The minimum Gasteiger partial charge on any atom is -0.266 e. The van der Waals surface area contributed by atoms with Crippen molar-refractivity contribution in [2.45, 2.75) is 6.54 Å². The van der Waals surface area contributed by atoms with Crippen molar-refractivity contribution in [2.24, 2.45) is 5.10 Å². The zero-order valence-corrected chi connectivity index (χ0v) is 12.8. The predicted octanol–water partition coefficient (Wildman–Crippen LogP) is 2.54. The SMILES string of the molecule is O=C(C[n+]1ccc(Cl)cc1)N/N=C/c1ccc(Br)cc1. The second-order valence-corrected chi connectivity index (χ2v) is 5.39. The van der Waals surface area contributed by atoms with E-state index in [0.717, 1.165) is 10.0 Å². The maximum atomic E-state index is 11.7. The van der Waals surface area contributed by atoms with Crippen LogP contribution in [0.5, 0.6) is 0 Å². The summed E-state index contributed by atoms with van der Waals surface area (Å²) >= 11 is 9.12. The Morgan fingerprint density at radius 1 is 1.25 bits per heavy atom. The highest BCUT2D eigenvalue weighted by atomic mass is 79.9. The third-order valence-corrected chi connectivity index (χ3v) is 3.23. The molecule has 1 amide bonds. The molecule has 2 aromatic rings. The first kappa shape index (κ1) is 14.7. The number of benzene rings is 1. The smallest absolute Gasteiger partial charge is 0.266 e. The number of hydrogen-bond donors (Lipinski definition) is 1. The van der Waals surface area contributed by atoms with Gasteiger partial charge < -0.3 is 0 Å². The number of carbonyl (C=O) groups is 1. The number of rotatable bonds is 4. The lowest BCUT2D eigenvalue weighted by atomic mass is 10.2. The van der Waals surface area contributed by atoms with Gasteiger partial charge in [-0.1, -0.05) is 39.7 Å². The van der Waals surface area contributed by atoms with Gasteiger partial charge in [0.15, 0.2) is 12.4 Å². The molecule has 6 heteroatoms. The van der Waals surface area contributed by atoms with Gasteiger partial charge >= 0.3 is 5.91 Å². The van der Waals surface area contributed by atoms with Crippen molar-refractivity contribution in [3.63, 3.8) is 0 Å². The number of pyridine rings is 1. The largest absolute Gasteiger partial charge is 0.305 e. The Kier molecular flexibility index (Phi) is 5.26. The van der Waals surface area contributed by atoms with Gasteiger partial charge in [0.25, 0.3) is 0 Å². The molecule has 0 unspecified atom stereocenters. The topological polar surface area (TPSA) is 45.3 Å². The van der Waals surface area contributed by atoms with Crippen LogP contribution in [0, 0.1) is 0 Å². The van der Waals surface area contributed by atoms with Crippen molar-refractivity contribution in [1.82, 2.24) is 5.43 Å². The van der Waals surface area contributed by atoms with E-state index in [0.29, 0.717) is 5.02 Å². The highest BCUT2D eigenvalue weighted by Crippen LogP contribution is 2.08. The Morgan fingerprint density at radius 2 is 1.90 bits per heavy atom. The van der Waals surface area contributed by atoms with Crippen LogP contribution >= 0.6 is 27.5 Å². The fraction of sp³-hybridized carbons (Fsp3) is 0.0714. The summed E-state index contributed by atoms with van der Waals surface area (Å²) in [5, 5.41) is 4.54. The van der Waals surface area contributed by atoms with Crippen LogP contribution in [0.3, 0.4) is 0 Å². The zero-order chi connectivity index (χ0) is 14.4. The Labute approximate surface area is 130 Å². The van der Waals surface area contributed by atoms with Gasteiger partial charge in [0.1, 0.15) is 0 Å². The van der Waals surface area contributed by atoms with Crippen molar-refractivity contribution in [1.29, 1.82) is 0 Å². The molecule has 0 radical (unpaired) electrons. The van der Waals surface area contributed by atoms with Crippen molar-refractivity contribution in [3.8, 4) is 0 Å². The first-order chi connectivity index (χ1) is 9.63. The normalized spacial score (nSPS) is 10.7. The summed E-state index contributed by atoms with van der Waals surface area (Å²) < 4.78 is 2.72. The first-order valence-electron chi connectivity index (χ1n) is 5.85. The van der Waals surface area contributed by atoms with Gasteiger partial charge in [-0.2, -0.15) is 9.67 Å². The Hall–Kier alpha value is -1.72. The van der Waals surface area contributed by atoms with Gasteiger partial charge in [-0.3, -0.25) is 4.79 Å². The van der Waals surface area contributed by atoms with E-state index >= 15 is 0 Å². The summed E-state index contributed by atoms with van der Waals surface area (Å²) in [6.07, 6.45) is 5.07. The molecule has 1 N–H and O–H groups in total. The molecular formula is C14H12BrClN3O+. The van der Waals surface area contributed by atoms with Crippen molar-refractivity contribution < 1.29 is 9.36 Å². The molecular weight excluding hydrogens is 342 g/mol. The molecule has 1 heterocycles. The number of amides is 1. The van der Waals surface area contributed by atoms with Gasteiger partial charge in [-0.15, -0.1) is 0 Å². The van der Waals surface area contributed by atoms with E-state index in [2.05, 4.69) is 26.5 Å². The van der Waals surface area contributed by atoms with Crippen LogP contribution < -0.4 is 9.99 Å². The Morgan fingerprint density at radius 3 is 2.55 bits per heavy atom. The van der Waals surface area contributed by atoms with Gasteiger partial charge in [-0.25, -0.2) is 5.43 Å². The summed E-state index contributed by atoms with van der Waals surface area (Å²) in [6, 6.07) is 11.1. The van der Waals surface area contributed by atoms with Crippen molar-refractivity contribution in [3.05, 3.63) is 63.9 Å². The molecule has 0 aliphatic heterocycles. The Balaban J connectivity index is 1.85. The number of aromatic nitrogens is 1. The highest BCUT2D eigenvalue weighted by Gasteiger charge is 2.07. The molecule has 0 atom stereocenters. The average molecular weight is 354 g/mol. The maximum absolute atomic E-state index is 11.7. The number of nitrogens with one attached hydrogen (secondary N) is 1. The van der Waals surface area contributed by atoms with Crippen molar-refractivity contribution in [2.75, 3.05) is 0 Å². The third kappa shape index (κ3) is 4.75. The zero-order valence-electron chi connectivity index (χ0n) is 10.5. The van der Waals surface area contributed by atoms with E-state index in [4.69, 9.17) is 11.6 Å². The predicted molar refractivity (Wildman–Crippen MR) is 81.5 cm³/mol. The molecule has 0 fully saturated rings. The van der Waals surface area contributed by atoms with Crippen molar-refractivity contribution >= 4 is 39.7 Å². The van der Waals surface area contributed by atoms with E-state index < -0.39 is 0 Å². The second-order valence-electron chi connectivity index (χ2n) is 4.03. The molecule has 0 bridgehead atoms. The molecule has 0 spiro atoms. The van der Waals surface area contributed by atoms with Crippen LogP contribution in [0.1, 0.15) is 5.56 Å². The van der Waals surface area contributed by atoms with Gasteiger partial charge in [0, 0.05) is 16.6 Å². The monoisotopic (exact) mass is 352 g/mol. The fourth-order valence-electron chi connectivity index (χ4n) is 1.47. The second kappa shape index (κ2) is 7.17. The van der Waals surface area contributed by atoms with Crippen LogP contribution in [-0.2, 0) is 11.3 Å². The average Bonchev–Trinajstić information content (AvgIpc) is 2.44. The van der Waals surface area contributed by atoms with E-state index in [-0.39, 0.29) is 12.5 Å². The lowest BCUT2D eigenvalue weighted by Gasteiger charge is -1.97. The highest BCUT2D eigenvalue weighted by molar-refractivity contribution is 9.10. The summed E-state index contributed by atoms with van der Waals surface area (Å²) in [6.45, 7) is 0.189. The number of hydrazone groups is 1. The van der Waals surface area contributed by atoms with E-state index in [1.807, 2.05) is 24.3 Å². The van der Waals surface area contributed by atoms with Crippen LogP contribution in [0.25, 0.3) is 0 Å². The van der Waals surface area contributed by atoms with Crippen LogP contribution in [0.2, 0.25) is 5.02 Å². The lowest BCUT2D eigenvalue weighted by molar-refractivity contribution is -0.684. The third-order valence-electron chi connectivity index (χ3n) is 2.45. The number of carbonyl (C=O) groups excluding carboxylic acids is 1. The molecule has 1 aromatic heterocycles. The fourth-order valence-corrected chi connectivity index (χ4v) is 1.85. The van der Waals surface area contributed by atoms with Crippen LogP contribution in [0.15, 0.2) is 58.4 Å². The summed E-state index contributed by atoms with van der Waals surface area (Å²) in [5.41, 5.74) is 3.38. The maximum Gasteiger partial charge on any atom is 0.305 e. The van der Waals surface area contributed by atoms with Gasteiger partial charge in [-0.05, 0) is 17.7 Å².